The molecule has 0 aromatic heterocycles. The highest BCUT2D eigenvalue weighted by Crippen LogP contribution is 2.45. The van der Waals surface area contributed by atoms with Gasteiger partial charge in [0.25, 0.3) is 0 Å². The second-order valence-electron chi connectivity index (χ2n) is 30.0. The lowest BCUT2D eigenvalue weighted by Crippen LogP contribution is -2.30. The number of aliphatic hydroxyl groups is 2. The lowest BCUT2D eigenvalue weighted by Gasteiger charge is -2.21. The summed E-state index contributed by atoms with van der Waals surface area (Å²) in [7, 11) is -9.82. The first-order chi connectivity index (χ1) is 56.2. The third-order valence-corrected chi connectivity index (χ3v) is 20.8. The number of carbonyl (C=O) groups excluding carboxylic acids is 3. The Labute approximate surface area is 701 Å². The molecule has 0 bridgehead atoms. The van der Waals surface area contributed by atoms with Crippen molar-refractivity contribution in [3.05, 3.63) is 170 Å². The molecule has 0 aromatic carbocycles. The maximum Gasteiger partial charge on any atom is 0.472 e. The third-order valence-electron chi connectivity index (χ3n) is 18.9. The third kappa shape index (κ3) is 89.5. The van der Waals surface area contributed by atoms with Crippen LogP contribution in [0.3, 0.4) is 0 Å². The van der Waals surface area contributed by atoms with Crippen molar-refractivity contribution in [3.63, 3.8) is 0 Å². The van der Waals surface area contributed by atoms with Gasteiger partial charge in [-0.2, -0.15) is 0 Å². The second kappa shape index (κ2) is 88.2. The van der Waals surface area contributed by atoms with Crippen LogP contribution < -0.4 is 0 Å². The Morgan fingerprint density at radius 3 is 0.730 bits per heavy atom. The number of phosphoric ester groups is 2. The molecular formula is C97H164O16P2. The summed E-state index contributed by atoms with van der Waals surface area (Å²) >= 11 is 0. The number of ether oxygens (including phenoxy) is 3. The number of hydrogen-bond acceptors (Lipinski definition) is 14. The van der Waals surface area contributed by atoms with Gasteiger partial charge in [0.1, 0.15) is 25.4 Å². The summed E-state index contributed by atoms with van der Waals surface area (Å²) in [6.07, 6.45) is 114. The van der Waals surface area contributed by atoms with Gasteiger partial charge >= 0.3 is 33.6 Å². The smallest absolute Gasteiger partial charge is 0.463 e. The van der Waals surface area contributed by atoms with E-state index >= 15 is 0 Å². The number of esters is 3. The predicted molar refractivity (Wildman–Crippen MR) is 482 cm³/mol. The van der Waals surface area contributed by atoms with E-state index in [-0.39, 0.29) is 19.3 Å². The fourth-order valence-electron chi connectivity index (χ4n) is 12.0. The van der Waals surface area contributed by atoms with Gasteiger partial charge in [0.05, 0.1) is 26.4 Å². The van der Waals surface area contributed by atoms with E-state index in [1.165, 1.54) is 148 Å². The van der Waals surface area contributed by atoms with E-state index in [0.29, 0.717) is 19.3 Å². The van der Waals surface area contributed by atoms with E-state index in [1.807, 2.05) is 0 Å². The molecule has 5 unspecified atom stereocenters. The molecule has 0 aliphatic heterocycles. The molecule has 0 amide bonds. The summed E-state index contributed by atoms with van der Waals surface area (Å²) < 4.78 is 61.4. The minimum absolute atomic E-state index is 0.0687. The molecule has 4 N–H and O–H groups in total. The first-order valence-electron chi connectivity index (χ1n) is 45.4. The van der Waals surface area contributed by atoms with E-state index in [1.54, 1.807) is 0 Å². The Morgan fingerprint density at radius 2 is 0.461 bits per heavy atom. The summed E-state index contributed by atoms with van der Waals surface area (Å²) in [6, 6.07) is 0. The van der Waals surface area contributed by atoms with Crippen molar-refractivity contribution in [2.24, 2.45) is 0 Å². The van der Waals surface area contributed by atoms with Crippen LogP contribution in [-0.4, -0.2) is 95.9 Å². The molecule has 0 radical (unpaired) electrons. The highest BCUT2D eigenvalue weighted by Gasteiger charge is 2.29. The highest BCUT2D eigenvalue weighted by atomic mass is 31.2. The fourth-order valence-corrected chi connectivity index (χ4v) is 13.6. The summed E-state index contributed by atoms with van der Waals surface area (Å²) in [5.74, 6) is -1.61. The molecule has 0 heterocycles. The molecule has 0 aliphatic rings. The number of hydrogen-bond donors (Lipinski definition) is 4. The summed E-state index contributed by atoms with van der Waals surface area (Å²) in [5, 5.41) is 20.7. The van der Waals surface area contributed by atoms with Crippen LogP contribution >= 0.6 is 15.6 Å². The number of allylic oxidation sites excluding steroid dienone is 28. The SMILES string of the molecule is CC/C=C\C/C=C\C/C=C\C/C=C\C/C=C\C/C=C\CCCCCCC(=O)OC(COC(=O)CCCCCCCCCCCCC/C=C\C/C=C\C/C=C\C/C=C\CCCCC)COP(=O)(O)OCC(O)COP(=O)(O)OCC(O)COC(=O)CCCCCCCCCCCCCCC/C=C\C/C=C\C/C=C\C/C=C\CCCCC. The minimum atomic E-state index is -4.95. The molecule has 658 valence electrons. The molecule has 16 nitrogen and oxygen atoms in total. The minimum Gasteiger partial charge on any atom is -0.463 e. The molecule has 0 saturated heterocycles. The van der Waals surface area contributed by atoms with E-state index < -0.39 is 91.5 Å². The largest absolute Gasteiger partial charge is 0.472 e. The number of phosphoric acid groups is 2. The van der Waals surface area contributed by atoms with E-state index in [9.17, 15) is 43.5 Å². The molecule has 115 heavy (non-hydrogen) atoms. The van der Waals surface area contributed by atoms with Crippen molar-refractivity contribution in [3.8, 4) is 0 Å². The number of carbonyl (C=O) groups is 3. The second-order valence-corrected chi connectivity index (χ2v) is 32.9. The normalized spacial score (nSPS) is 14.6. The van der Waals surface area contributed by atoms with Crippen molar-refractivity contribution in [2.75, 3.05) is 39.6 Å². The Balaban J connectivity index is 4.67. The van der Waals surface area contributed by atoms with Gasteiger partial charge in [0.2, 0.25) is 0 Å². The van der Waals surface area contributed by atoms with Crippen LogP contribution in [-0.2, 0) is 55.8 Å². The summed E-state index contributed by atoms with van der Waals surface area (Å²) in [4.78, 5) is 59.0. The monoisotopic (exact) mass is 1650 g/mol. The lowest BCUT2D eigenvalue weighted by molar-refractivity contribution is -0.161. The topological polar surface area (TPSA) is 231 Å². The van der Waals surface area contributed by atoms with Gasteiger partial charge < -0.3 is 34.2 Å². The zero-order chi connectivity index (χ0) is 83.6. The number of aliphatic hydroxyl groups excluding tert-OH is 2. The maximum atomic E-state index is 13.1. The first-order valence-corrected chi connectivity index (χ1v) is 48.4. The predicted octanol–water partition coefficient (Wildman–Crippen LogP) is 27.9. The van der Waals surface area contributed by atoms with Crippen LogP contribution in [0.2, 0.25) is 0 Å². The summed E-state index contributed by atoms with van der Waals surface area (Å²) in [6.45, 7) is 2.51. The van der Waals surface area contributed by atoms with Crippen LogP contribution in [0, 0.1) is 0 Å². The number of unbranched alkanes of at least 4 members (excludes halogenated alkanes) is 34. The van der Waals surface area contributed by atoms with Crippen LogP contribution in [0.1, 0.15) is 367 Å². The van der Waals surface area contributed by atoms with Crippen molar-refractivity contribution in [2.45, 2.75) is 386 Å². The Kier molecular flexibility index (Phi) is 84.3. The molecular weight excluding hydrogens is 1480 g/mol. The number of rotatable bonds is 85. The molecule has 0 spiro atoms. The zero-order valence-electron chi connectivity index (χ0n) is 72.4. The standard InChI is InChI=1S/C97H164O16P2/c1-4-7-10-13-16-19-22-25-28-31-34-37-40-42-44-45-47-49-51-53-56-59-62-65-68-71-74-77-80-83-95(100)107-86-92(98)87-109-114(103,104)110-88-93(99)89-111-115(105,106)112-91-94(113-97(102)85-82-79-76-73-70-67-64-61-58-55-50-39-36-33-30-27-24-21-18-15-12-9-6-3)90-108-96(101)84-81-78-75-72-69-66-63-60-57-54-52-48-46-43-41-38-35-32-29-26-23-20-17-14-11-8-5-2/h9,12,16-21,25-30,34-39,42-44,46,55,58,64,67,92-94,98-99H,4-8,10-11,13-15,22-24,31-33,40-41,45,47-54,56-57,59-63,65-66,68-91H2,1-3H3,(H,103,104)(H,105,106)/b12-9-,19-16-,20-17-,21-18-,28-25-,29-26-,30-27-,37-34-,38-35-,39-36-,44-42-,46-43-,58-55-,67-64-. The van der Waals surface area contributed by atoms with Crippen LogP contribution in [0.4, 0.5) is 0 Å². The van der Waals surface area contributed by atoms with Crippen molar-refractivity contribution in [1.82, 2.24) is 0 Å². The molecule has 0 aromatic rings. The summed E-state index contributed by atoms with van der Waals surface area (Å²) in [5.41, 5.74) is 0. The zero-order valence-corrected chi connectivity index (χ0v) is 74.2. The quantitative estimate of drug-likeness (QED) is 0.0146. The van der Waals surface area contributed by atoms with Gasteiger partial charge in [-0.3, -0.25) is 32.5 Å². The Morgan fingerprint density at radius 1 is 0.252 bits per heavy atom. The van der Waals surface area contributed by atoms with Crippen molar-refractivity contribution in [1.29, 1.82) is 0 Å². The fraction of sp³-hybridized carbons (Fsp3) is 0.680. The molecule has 0 aliphatic carbocycles. The van der Waals surface area contributed by atoms with Crippen LogP contribution in [0.25, 0.3) is 0 Å². The van der Waals surface area contributed by atoms with Crippen LogP contribution in [0.15, 0.2) is 170 Å². The molecule has 18 heteroatoms. The van der Waals surface area contributed by atoms with Gasteiger partial charge in [0.15, 0.2) is 6.10 Å². The van der Waals surface area contributed by atoms with Gasteiger partial charge in [-0.05, 0) is 161 Å². The van der Waals surface area contributed by atoms with Gasteiger partial charge in [-0.1, -0.05) is 358 Å². The Bertz CT molecular complexity index is 2770. The van der Waals surface area contributed by atoms with E-state index in [0.717, 1.165) is 161 Å². The highest BCUT2D eigenvalue weighted by molar-refractivity contribution is 7.47. The Hall–Kier alpha value is -5.09. The molecule has 0 saturated carbocycles. The van der Waals surface area contributed by atoms with E-state index in [2.05, 4.69) is 191 Å². The van der Waals surface area contributed by atoms with Crippen molar-refractivity contribution >= 4 is 33.6 Å². The van der Waals surface area contributed by atoms with E-state index in [4.69, 9.17) is 32.3 Å². The molecule has 0 rings (SSSR count). The lowest BCUT2D eigenvalue weighted by atomic mass is 10.0. The first kappa shape index (κ1) is 110. The van der Waals surface area contributed by atoms with Crippen molar-refractivity contribution < 1.29 is 75.8 Å². The molecule has 0 fully saturated rings. The van der Waals surface area contributed by atoms with Gasteiger partial charge in [-0.25, -0.2) is 9.13 Å². The van der Waals surface area contributed by atoms with Crippen LogP contribution in [0.5, 0.6) is 0 Å². The maximum absolute atomic E-state index is 13.1. The van der Waals surface area contributed by atoms with Gasteiger partial charge in [-0.15, -0.1) is 0 Å². The molecule has 5 atom stereocenters. The average molecular weight is 1650 g/mol. The van der Waals surface area contributed by atoms with Gasteiger partial charge in [0, 0.05) is 19.3 Å². The average Bonchev–Trinajstić information content (AvgIpc) is 0.898.